The molecule has 2 rings (SSSR count). The molecule has 0 aromatic carbocycles. The van der Waals surface area contributed by atoms with E-state index in [2.05, 4.69) is 17.3 Å². The van der Waals surface area contributed by atoms with E-state index in [0.29, 0.717) is 39.0 Å². The van der Waals surface area contributed by atoms with E-state index < -0.39 is 5.41 Å². The van der Waals surface area contributed by atoms with E-state index in [1.807, 2.05) is 9.80 Å². The van der Waals surface area contributed by atoms with Gasteiger partial charge in [-0.25, -0.2) is 0 Å². The van der Waals surface area contributed by atoms with Gasteiger partial charge in [0.15, 0.2) is 0 Å². The van der Waals surface area contributed by atoms with E-state index in [0.717, 1.165) is 25.8 Å². The molecule has 124 valence electrons. The van der Waals surface area contributed by atoms with Crippen molar-refractivity contribution in [3.05, 3.63) is 0 Å². The van der Waals surface area contributed by atoms with Gasteiger partial charge < -0.3 is 10.2 Å². The molecule has 1 saturated carbocycles. The number of hydrogen-bond acceptors (Lipinski definition) is 4. The van der Waals surface area contributed by atoms with E-state index in [-0.39, 0.29) is 18.4 Å². The van der Waals surface area contributed by atoms with Gasteiger partial charge in [-0.3, -0.25) is 14.5 Å². The van der Waals surface area contributed by atoms with Crippen molar-refractivity contribution in [1.29, 1.82) is 5.26 Å². The van der Waals surface area contributed by atoms with Crippen LogP contribution >= 0.6 is 0 Å². The van der Waals surface area contributed by atoms with Crippen LogP contribution in [0.15, 0.2) is 0 Å². The number of rotatable bonds is 4. The van der Waals surface area contributed by atoms with Gasteiger partial charge >= 0.3 is 0 Å². The zero-order valence-corrected chi connectivity index (χ0v) is 13.5. The number of carbonyl (C=O) groups excluding carboxylic acids is 2. The summed E-state index contributed by atoms with van der Waals surface area (Å²) in [6.07, 6.45) is 9.20. The topological polar surface area (TPSA) is 76.4 Å². The molecule has 1 heterocycles. The summed E-state index contributed by atoms with van der Waals surface area (Å²) >= 11 is 0. The third-order valence-corrected chi connectivity index (χ3v) is 4.71. The van der Waals surface area contributed by atoms with Crippen molar-refractivity contribution in [2.45, 2.75) is 32.1 Å². The molecule has 0 aromatic rings. The second-order valence-electron chi connectivity index (χ2n) is 6.30. The number of nitrogens with one attached hydrogen (secondary N) is 1. The highest BCUT2D eigenvalue weighted by molar-refractivity contribution is 5.86. The van der Waals surface area contributed by atoms with Crippen LogP contribution in [0.1, 0.15) is 32.1 Å². The van der Waals surface area contributed by atoms with Gasteiger partial charge in [-0.05, 0) is 19.3 Å². The predicted octanol–water partition coefficient (Wildman–Crippen LogP) is 0.354. The van der Waals surface area contributed by atoms with E-state index in [9.17, 15) is 14.9 Å². The van der Waals surface area contributed by atoms with Crippen molar-refractivity contribution in [3.63, 3.8) is 0 Å². The number of hydrogen-bond donors (Lipinski definition) is 1. The van der Waals surface area contributed by atoms with Crippen LogP contribution in [0.5, 0.6) is 0 Å². The largest absolute Gasteiger partial charge is 0.344 e. The van der Waals surface area contributed by atoms with Gasteiger partial charge in [0.1, 0.15) is 5.41 Å². The second kappa shape index (κ2) is 7.99. The van der Waals surface area contributed by atoms with Gasteiger partial charge in [0.2, 0.25) is 11.8 Å². The lowest BCUT2D eigenvalue weighted by Crippen LogP contribution is -2.44. The lowest BCUT2D eigenvalue weighted by molar-refractivity contribution is -0.138. The molecule has 0 radical (unpaired) electrons. The van der Waals surface area contributed by atoms with Crippen LogP contribution in [0.3, 0.4) is 0 Å². The van der Waals surface area contributed by atoms with Gasteiger partial charge in [-0.2, -0.15) is 5.26 Å². The van der Waals surface area contributed by atoms with Gasteiger partial charge in [-0.1, -0.05) is 18.8 Å². The summed E-state index contributed by atoms with van der Waals surface area (Å²) in [6, 6.07) is 2.27. The molecule has 0 bridgehead atoms. The van der Waals surface area contributed by atoms with Crippen LogP contribution in [-0.2, 0) is 9.59 Å². The molecule has 1 N–H and O–H groups in total. The van der Waals surface area contributed by atoms with E-state index in [1.54, 1.807) is 0 Å². The minimum atomic E-state index is -0.806. The summed E-state index contributed by atoms with van der Waals surface area (Å²) in [5, 5.41) is 12.1. The molecule has 2 amide bonds. The van der Waals surface area contributed by atoms with E-state index >= 15 is 0 Å². The number of amides is 2. The van der Waals surface area contributed by atoms with Crippen molar-refractivity contribution < 1.29 is 9.59 Å². The quantitative estimate of drug-likeness (QED) is 0.760. The second-order valence-corrected chi connectivity index (χ2v) is 6.30. The fourth-order valence-electron chi connectivity index (χ4n) is 3.40. The van der Waals surface area contributed by atoms with Gasteiger partial charge in [0, 0.05) is 26.2 Å². The van der Waals surface area contributed by atoms with Crippen molar-refractivity contribution in [3.8, 4) is 18.4 Å². The lowest BCUT2D eigenvalue weighted by atomic mass is 9.86. The maximum absolute atomic E-state index is 12.8. The zero-order valence-electron chi connectivity index (χ0n) is 13.5. The van der Waals surface area contributed by atoms with Crippen LogP contribution < -0.4 is 5.32 Å². The van der Waals surface area contributed by atoms with Crippen LogP contribution in [0.25, 0.3) is 0 Å². The summed E-state index contributed by atoms with van der Waals surface area (Å²) in [6.45, 7) is 3.19. The first-order valence-electron chi connectivity index (χ1n) is 8.24. The Morgan fingerprint density at radius 3 is 2.52 bits per heavy atom. The predicted molar refractivity (Wildman–Crippen MR) is 86.0 cm³/mol. The molecule has 0 atom stereocenters. The van der Waals surface area contributed by atoms with Crippen LogP contribution in [0.2, 0.25) is 0 Å². The highest BCUT2D eigenvalue weighted by atomic mass is 16.2. The average molecular weight is 316 g/mol. The molecule has 1 aliphatic heterocycles. The Bertz CT molecular complexity index is 526. The van der Waals surface area contributed by atoms with E-state index in [4.69, 9.17) is 6.42 Å². The van der Waals surface area contributed by atoms with Crippen molar-refractivity contribution in [2.75, 3.05) is 39.3 Å². The normalized spacial score (nSPS) is 21.0. The Hall–Kier alpha value is -2.05. The molecular formula is C17H24N4O2. The highest BCUT2D eigenvalue weighted by Gasteiger charge is 2.44. The van der Waals surface area contributed by atoms with E-state index in [1.165, 1.54) is 0 Å². The SMILES string of the molecule is C#CCNC(=O)CN1CCCN(C(=O)C2(C#N)CCCC2)CC1. The first-order chi connectivity index (χ1) is 11.1. The maximum atomic E-state index is 12.8. The third kappa shape index (κ3) is 4.24. The fourth-order valence-corrected chi connectivity index (χ4v) is 3.40. The van der Waals surface area contributed by atoms with Gasteiger partial charge in [0.25, 0.3) is 0 Å². The summed E-state index contributed by atoms with van der Waals surface area (Å²) in [5.41, 5.74) is -0.806. The molecule has 0 aromatic heterocycles. The first-order valence-corrected chi connectivity index (χ1v) is 8.24. The average Bonchev–Trinajstić information content (AvgIpc) is 2.94. The molecule has 23 heavy (non-hydrogen) atoms. The molecular weight excluding hydrogens is 292 g/mol. The Morgan fingerprint density at radius 1 is 1.13 bits per heavy atom. The lowest BCUT2D eigenvalue weighted by Gasteiger charge is -2.29. The monoisotopic (exact) mass is 316 g/mol. The number of nitrogens with zero attached hydrogens (tertiary/aromatic N) is 3. The zero-order chi connectivity index (χ0) is 16.7. The summed E-state index contributed by atoms with van der Waals surface area (Å²) in [7, 11) is 0. The fraction of sp³-hybridized carbons (Fsp3) is 0.706. The Balaban J connectivity index is 1.89. The molecule has 0 unspecified atom stereocenters. The number of terminal acetylenes is 1. The Labute approximate surface area is 137 Å². The van der Waals surface area contributed by atoms with Crippen molar-refractivity contribution in [1.82, 2.24) is 15.1 Å². The molecule has 0 spiro atoms. The summed E-state index contributed by atoms with van der Waals surface area (Å²) in [4.78, 5) is 28.3. The number of nitriles is 1. The summed E-state index contributed by atoms with van der Waals surface area (Å²) in [5.74, 6) is 2.27. The minimum Gasteiger partial charge on any atom is -0.344 e. The minimum absolute atomic E-state index is 0.0175. The van der Waals surface area contributed by atoms with Crippen LogP contribution in [0, 0.1) is 29.1 Å². The standard InChI is InChI=1S/C17H24N4O2/c1-2-8-19-15(22)13-20-9-5-10-21(12-11-20)16(23)17(14-18)6-3-4-7-17/h1H,3-13H2,(H,19,22). The summed E-state index contributed by atoms with van der Waals surface area (Å²) < 4.78 is 0. The number of carbonyl (C=O) groups is 2. The van der Waals surface area contributed by atoms with Gasteiger partial charge in [-0.15, -0.1) is 6.42 Å². The molecule has 2 aliphatic rings. The molecule has 1 aliphatic carbocycles. The Morgan fingerprint density at radius 2 is 1.87 bits per heavy atom. The third-order valence-electron chi connectivity index (χ3n) is 4.71. The smallest absolute Gasteiger partial charge is 0.243 e. The van der Waals surface area contributed by atoms with Gasteiger partial charge in [0.05, 0.1) is 19.2 Å². The first kappa shape index (κ1) is 17.3. The molecule has 1 saturated heterocycles. The van der Waals surface area contributed by atoms with Crippen LogP contribution in [0.4, 0.5) is 0 Å². The van der Waals surface area contributed by atoms with Crippen LogP contribution in [-0.4, -0.2) is 60.9 Å². The molecule has 6 nitrogen and oxygen atoms in total. The highest BCUT2D eigenvalue weighted by Crippen LogP contribution is 2.39. The molecule has 2 fully saturated rings. The maximum Gasteiger partial charge on any atom is 0.243 e. The van der Waals surface area contributed by atoms with Crippen molar-refractivity contribution in [2.24, 2.45) is 5.41 Å². The van der Waals surface area contributed by atoms with Crippen molar-refractivity contribution >= 4 is 11.8 Å². The molecule has 6 heteroatoms. The Kier molecular flexibility index (Phi) is 6.01.